The van der Waals surface area contributed by atoms with Crippen molar-refractivity contribution in [2.45, 2.75) is 19.4 Å². The van der Waals surface area contributed by atoms with Crippen molar-refractivity contribution in [3.8, 4) is 5.75 Å². The van der Waals surface area contributed by atoms with E-state index in [2.05, 4.69) is 5.32 Å². The van der Waals surface area contributed by atoms with Crippen LogP contribution in [0, 0.1) is 16.0 Å². The number of hydrogen-bond acceptors (Lipinski definition) is 5. The van der Waals surface area contributed by atoms with Crippen molar-refractivity contribution in [3.05, 3.63) is 33.9 Å². The van der Waals surface area contributed by atoms with E-state index in [0.717, 1.165) is 37.4 Å². The minimum absolute atomic E-state index is 0.0914. The fraction of sp³-hybridized carbons (Fsp3) is 0.571. The predicted molar refractivity (Wildman–Crippen MR) is 74.9 cm³/mol. The second-order valence-electron chi connectivity index (χ2n) is 4.95. The van der Waals surface area contributed by atoms with Crippen molar-refractivity contribution >= 4 is 5.69 Å². The zero-order valence-electron chi connectivity index (χ0n) is 11.6. The molecule has 1 N–H and O–H groups in total. The number of hydrogen-bond donors (Lipinski definition) is 1. The summed E-state index contributed by atoms with van der Waals surface area (Å²) < 4.78 is 11.2. The lowest BCUT2D eigenvalue weighted by Crippen LogP contribution is -2.22. The van der Waals surface area contributed by atoms with Crippen LogP contribution < -0.4 is 10.1 Å². The molecular formula is C14H20N2O4. The molecule has 0 aliphatic carbocycles. The highest BCUT2D eigenvalue weighted by Crippen LogP contribution is 2.25. The summed E-state index contributed by atoms with van der Waals surface area (Å²) in [5, 5.41) is 13.8. The molecule has 2 rings (SSSR count). The monoisotopic (exact) mass is 280 g/mol. The van der Waals surface area contributed by atoms with Crippen molar-refractivity contribution in [1.29, 1.82) is 0 Å². The van der Waals surface area contributed by atoms with E-state index in [0.29, 0.717) is 19.1 Å². The zero-order valence-corrected chi connectivity index (χ0v) is 11.6. The smallest absolute Gasteiger partial charge is 0.270 e. The van der Waals surface area contributed by atoms with E-state index in [4.69, 9.17) is 9.47 Å². The topological polar surface area (TPSA) is 73.6 Å². The molecule has 0 aromatic heterocycles. The third-order valence-corrected chi connectivity index (χ3v) is 3.44. The Morgan fingerprint density at radius 2 is 2.20 bits per heavy atom. The highest BCUT2D eigenvalue weighted by Gasteiger charge is 2.16. The molecule has 6 heteroatoms. The molecule has 0 atom stereocenters. The molecule has 0 bridgehead atoms. The highest BCUT2D eigenvalue weighted by atomic mass is 16.6. The first-order valence-corrected chi connectivity index (χ1v) is 6.83. The van der Waals surface area contributed by atoms with Gasteiger partial charge in [0.05, 0.1) is 11.5 Å². The van der Waals surface area contributed by atoms with Gasteiger partial charge in [-0.05, 0) is 31.9 Å². The van der Waals surface area contributed by atoms with Crippen LogP contribution in [0.5, 0.6) is 5.75 Å². The molecule has 0 unspecified atom stereocenters. The van der Waals surface area contributed by atoms with Crippen LogP contribution in [0.25, 0.3) is 0 Å². The van der Waals surface area contributed by atoms with E-state index in [1.54, 1.807) is 19.2 Å². The van der Waals surface area contributed by atoms with Crippen LogP contribution in [0.1, 0.15) is 18.4 Å². The predicted octanol–water partition coefficient (Wildman–Crippen LogP) is 2.12. The van der Waals surface area contributed by atoms with Gasteiger partial charge in [0.25, 0.3) is 5.69 Å². The summed E-state index contributed by atoms with van der Waals surface area (Å²) in [6.07, 6.45) is 2.02. The molecule has 0 saturated carbocycles. The molecule has 110 valence electrons. The van der Waals surface area contributed by atoms with Crippen molar-refractivity contribution in [2.24, 2.45) is 5.92 Å². The van der Waals surface area contributed by atoms with Gasteiger partial charge in [0.1, 0.15) is 5.75 Å². The zero-order chi connectivity index (χ0) is 14.4. The Balaban J connectivity index is 2.03. The van der Waals surface area contributed by atoms with E-state index in [1.807, 2.05) is 0 Å². The van der Waals surface area contributed by atoms with Crippen LogP contribution in [-0.2, 0) is 11.3 Å². The van der Waals surface area contributed by atoms with Crippen LogP contribution in [0.4, 0.5) is 5.69 Å². The second-order valence-corrected chi connectivity index (χ2v) is 4.95. The first-order valence-electron chi connectivity index (χ1n) is 6.83. The Kier molecular flexibility index (Phi) is 5.31. The molecule has 20 heavy (non-hydrogen) atoms. The highest BCUT2D eigenvalue weighted by molar-refractivity contribution is 5.43. The van der Waals surface area contributed by atoms with Gasteiger partial charge in [0.15, 0.2) is 0 Å². The average molecular weight is 280 g/mol. The Bertz CT molecular complexity index is 458. The molecule has 1 saturated heterocycles. The quantitative estimate of drug-likeness (QED) is 0.638. The summed E-state index contributed by atoms with van der Waals surface area (Å²) in [6.45, 7) is 2.76. The maximum Gasteiger partial charge on any atom is 0.270 e. The lowest BCUT2D eigenvalue weighted by Gasteiger charge is -2.22. The van der Waals surface area contributed by atoms with Gasteiger partial charge in [-0.1, -0.05) is 0 Å². The molecule has 0 spiro atoms. The molecule has 6 nitrogen and oxygen atoms in total. The number of nitro benzene ring substituents is 1. The second kappa shape index (κ2) is 7.21. The maximum atomic E-state index is 10.8. The molecule has 1 aromatic rings. The lowest BCUT2D eigenvalue weighted by molar-refractivity contribution is -0.384. The third-order valence-electron chi connectivity index (χ3n) is 3.44. The molecule has 1 fully saturated rings. The fourth-order valence-electron chi connectivity index (χ4n) is 2.27. The number of nitrogens with one attached hydrogen (secondary N) is 1. The van der Waals surface area contributed by atoms with Gasteiger partial charge in [-0.15, -0.1) is 0 Å². The summed E-state index contributed by atoms with van der Waals surface area (Å²) in [5.74, 6) is 1.22. The van der Waals surface area contributed by atoms with Crippen LogP contribution >= 0.6 is 0 Å². The van der Waals surface area contributed by atoms with Crippen LogP contribution in [0.3, 0.4) is 0 Å². The van der Waals surface area contributed by atoms with Gasteiger partial charge in [0, 0.05) is 37.5 Å². The minimum Gasteiger partial charge on any atom is -0.493 e. The third kappa shape index (κ3) is 3.91. The largest absolute Gasteiger partial charge is 0.493 e. The number of nitro groups is 1. The summed E-state index contributed by atoms with van der Waals surface area (Å²) >= 11 is 0. The van der Waals surface area contributed by atoms with E-state index in [-0.39, 0.29) is 10.6 Å². The van der Waals surface area contributed by atoms with E-state index < -0.39 is 0 Å². The summed E-state index contributed by atoms with van der Waals surface area (Å²) in [6, 6.07) is 4.73. The van der Waals surface area contributed by atoms with Crippen LogP contribution in [0.2, 0.25) is 0 Å². The van der Waals surface area contributed by atoms with Gasteiger partial charge < -0.3 is 14.8 Å². The SMILES string of the molecule is CNCc1cc([N+](=O)[O-])ccc1OCC1CCOCC1. The summed E-state index contributed by atoms with van der Waals surface area (Å²) in [7, 11) is 1.81. The standard InChI is InChI=1S/C14H20N2O4/c1-15-9-12-8-13(16(17)18)2-3-14(12)20-10-11-4-6-19-7-5-11/h2-3,8,11,15H,4-7,9-10H2,1H3. The van der Waals surface area contributed by atoms with Crippen molar-refractivity contribution < 1.29 is 14.4 Å². The molecule has 0 radical (unpaired) electrons. The Hall–Kier alpha value is -1.66. The van der Waals surface area contributed by atoms with Crippen molar-refractivity contribution in [3.63, 3.8) is 0 Å². The van der Waals surface area contributed by atoms with E-state index in [9.17, 15) is 10.1 Å². The van der Waals surface area contributed by atoms with Crippen molar-refractivity contribution in [1.82, 2.24) is 5.32 Å². The van der Waals surface area contributed by atoms with E-state index in [1.165, 1.54) is 6.07 Å². The van der Waals surface area contributed by atoms with E-state index >= 15 is 0 Å². The fourth-order valence-corrected chi connectivity index (χ4v) is 2.27. The minimum atomic E-state index is -0.387. The lowest BCUT2D eigenvalue weighted by atomic mass is 10.0. The first-order chi connectivity index (χ1) is 9.70. The number of non-ortho nitro benzene ring substituents is 1. The summed E-state index contributed by atoms with van der Waals surface area (Å²) in [5.41, 5.74) is 0.905. The van der Waals surface area contributed by atoms with Gasteiger partial charge >= 0.3 is 0 Å². The molecule has 1 aromatic carbocycles. The number of rotatable bonds is 6. The Morgan fingerprint density at radius 3 is 2.85 bits per heavy atom. The van der Waals surface area contributed by atoms with Gasteiger partial charge in [-0.2, -0.15) is 0 Å². The van der Waals surface area contributed by atoms with Gasteiger partial charge in [0.2, 0.25) is 0 Å². The maximum absolute atomic E-state index is 10.8. The number of benzene rings is 1. The Morgan fingerprint density at radius 1 is 1.45 bits per heavy atom. The van der Waals surface area contributed by atoms with Gasteiger partial charge in [-0.25, -0.2) is 0 Å². The molecular weight excluding hydrogens is 260 g/mol. The molecule has 1 aliphatic rings. The van der Waals surface area contributed by atoms with Gasteiger partial charge in [-0.3, -0.25) is 10.1 Å². The normalized spacial score (nSPS) is 16.1. The molecule has 1 heterocycles. The Labute approximate surface area is 118 Å². The van der Waals surface area contributed by atoms with Crippen molar-refractivity contribution in [2.75, 3.05) is 26.9 Å². The number of ether oxygens (including phenoxy) is 2. The molecule has 1 aliphatic heterocycles. The average Bonchev–Trinajstić information content (AvgIpc) is 2.47. The van der Waals surface area contributed by atoms with Crippen LogP contribution in [-0.4, -0.2) is 31.8 Å². The first kappa shape index (κ1) is 14.7. The summed E-state index contributed by atoms with van der Waals surface area (Å²) in [4.78, 5) is 10.4. The number of nitrogens with zero attached hydrogens (tertiary/aromatic N) is 1. The molecule has 0 amide bonds. The van der Waals surface area contributed by atoms with Crippen LogP contribution in [0.15, 0.2) is 18.2 Å².